The van der Waals surface area contributed by atoms with Gasteiger partial charge in [-0.2, -0.15) is 0 Å². The number of rotatable bonds is 68. The van der Waals surface area contributed by atoms with Gasteiger partial charge in [-0.25, -0.2) is 9.13 Å². The molecule has 0 saturated carbocycles. The lowest BCUT2D eigenvalue weighted by molar-refractivity contribution is -0.161. The highest BCUT2D eigenvalue weighted by Gasteiger charge is 2.30. The summed E-state index contributed by atoms with van der Waals surface area (Å²) in [5.41, 5.74) is 0. The van der Waals surface area contributed by atoms with Gasteiger partial charge in [0.05, 0.1) is 26.4 Å². The predicted molar refractivity (Wildman–Crippen MR) is 354 cm³/mol. The van der Waals surface area contributed by atoms with E-state index in [2.05, 4.69) is 41.5 Å². The van der Waals surface area contributed by atoms with Crippen molar-refractivity contribution in [2.45, 2.75) is 368 Å². The van der Waals surface area contributed by atoms with E-state index in [4.69, 9.17) is 37.0 Å². The summed E-state index contributed by atoms with van der Waals surface area (Å²) < 4.78 is 68.0. The highest BCUT2D eigenvalue weighted by atomic mass is 31.2. The summed E-state index contributed by atoms with van der Waals surface area (Å²) in [6, 6.07) is 0. The number of hydrogen-bond acceptors (Lipinski definition) is 15. The van der Waals surface area contributed by atoms with Crippen LogP contribution in [0.15, 0.2) is 0 Å². The number of aliphatic hydroxyl groups excluding tert-OH is 1. The highest BCUT2D eigenvalue weighted by molar-refractivity contribution is 7.47. The third-order valence-corrected chi connectivity index (χ3v) is 17.9. The molecule has 0 aromatic heterocycles. The van der Waals surface area contributed by atoms with E-state index < -0.39 is 97.5 Å². The molecular formula is C69H134O17P2. The van der Waals surface area contributed by atoms with Crippen LogP contribution in [0.25, 0.3) is 0 Å². The molecule has 0 aromatic carbocycles. The molecule has 0 aliphatic heterocycles. The maximum atomic E-state index is 13.0. The Labute approximate surface area is 537 Å². The van der Waals surface area contributed by atoms with Crippen LogP contribution in [-0.4, -0.2) is 96.7 Å². The molecular weight excluding hydrogens is 1160 g/mol. The van der Waals surface area contributed by atoms with Gasteiger partial charge in [-0.3, -0.25) is 37.3 Å². The van der Waals surface area contributed by atoms with Crippen LogP contribution in [0, 0.1) is 11.8 Å². The quantitative estimate of drug-likeness (QED) is 0.0222. The first-order valence-electron chi connectivity index (χ1n) is 36.0. The fourth-order valence-corrected chi connectivity index (χ4v) is 12.0. The van der Waals surface area contributed by atoms with E-state index in [1.807, 2.05) is 0 Å². The second-order valence-electron chi connectivity index (χ2n) is 25.9. The van der Waals surface area contributed by atoms with Gasteiger partial charge in [-0.1, -0.05) is 298 Å². The van der Waals surface area contributed by atoms with Gasteiger partial charge >= 0.3 is 39.5 Å². The molecule has 0 aliphatic carbocycles. The van der Waals surface area contributed by atoms with Crippen LogP contribution in [0.2, 0.25) is 0 Å². The second-order valence-corrected chi connectivity index (χ2v) is 28.8. The SMILES string of the molecule is CCCCCCCCCCCCCCC(=O)OC[C@H](COP(=O)(O)OC[C@@H](O)COP(=O)(O)OC[C@@H](COC(=O)CCCCCCC)OC(=O)CCCCCCCCCC(C)C)OC(=O)CCCCCCCCCCCCCCCCCCCCC(C)C. The Morgan fingerprint density at radius 2 is 0.523 bits per heavy atom. The molecule has 0 amide bonds. The molecule has 2 unspecified atom stereocenters. The molecule has 88 heavy (non-hydrogen) atoms. The van der Waals surface area contributed by atoms with E-state index in [9.17, 15) is 43.2 Å². The lowest BCUT2D eigenvalue weighted by atomic mass is 10.0. The van der Waals surface area contributed by atoms with Crippen molar-refractivity contribution in [2.24, 2.45) is 11.8 Å². The molecule has 0 aliphatic rings. The van der Waals surface area contributed by atoms with Crippen LogP contribution in [-0.2, 0) is 65.4 Å². The van der Waals surface area contributed by atoms with Crippen LogP contribution >= 0.6 is 15.6 Å². The standard InChI is InChI=1S/C69H134O17P2/c1-7-9-11-13-14-15-16-26-29-34-40-46-52-67(72)80-58-65(86-68(73)53-47-41-35-30-27-24-22-20-18-17-19-21-23-25-28-32-38-43-49-61(3)4)60-84-88(77,78)82-56-63(70)55-81-87(75,76)83-59-64(57-79-66(71)51-45-37-12-10-8-2)85-69(74)54-48-42-36-31-33-39-44-50-62(5)6/h61-65,70H,7-60H2,1-6H3,(H,75,76)(H,77,78)/t63-,64+,65+/m0/s1. The fourth-order valence-electron chi connectivity index (χ4n) is 10.4. The predicted octanol–water partition coefficient (Wildman–Crippen LogP) is 19.6. The van der Waals surface area contributed by atoms with Crippen molar-refractivity contribution in [1.29, 1.82) is 0 Å². The summed E-state index contributed by atoms with van der Waals surface area (Å²) >= 11 is 0. The van der Waals surface area contributed by atoms with Gasteiger partial charge in [0.1, 0.15) is 19.3 Å². The van der Waals surface area contributed by atoms with Crippen molar-refractivity contribution in [2.75, 3.05) is 39.6 Å². The number of carbonyl (C=O) groups excluding carboxylic acids is 4. The third kappa shape index (κ3) is 62.8. The normalized spacial score (nSPS) is 14.2. The molecule has 0 rings (SSSR count). The summed E-state index contributed by atoms with van der Waals surface area (Å²) in [6.07, 6.45) is 46.4. The second kappa shape index (κ2) is 61.3. The zero-order chi connectivity index (χ0) is 65.0. The summed E-state index contributed by atoms with van der Waals surface area (Å²) in [7, 11) is -9.89. The molecule has 0 aromatic rings. The lowest BCUT2D eigenvalue weighted by Gasteiger charge is -2.21. The Balaban J connectivity index is 5.10. The largest absolute Gasteiger partial charge is 0.472 e. The van der Waals surface area contributed by atoms with E-state index in [1.165, 1.54) is 161 Å². The number of hydrogen-bond donors (Lipinski definition) is 3. The molecule has 0 saturated heterocycles. The molecule has 17 nitrogen and oxygen atoms in total. The smallest absolute Gasteiger partial charge is 0.462 e. The van der Waals surface area contributed by atoms with Crippen molar-refractivity contribution in [3.05, 3.63) is 0 Å². The third-order valence-electron chi connectivity index (χ3n) is 16.0. The van der Waals surface area contributed by atoms with E-state index in [-0.39, 0.29) is 25.7 Å². The minimum atomic E-state index is -4.95. The Hall–Kier alpha value is -1.94. The number of ether oxygens (including phenoxy) is 4. The van der Waals surface area contributed by atoms with Gasteiger partial charge in [0.25, 0.3) is 0 Å². The molecule has 3 N–H and O–H groups in total. The first-order chi connectivity index (χ1) is 42.4. The van der Waals surface area contributed by atoms with E-state index in [1.54, 1.807) is 0 Å². The average Bonchev–Trinajstić information content (AvgIpc) is 3.66. The molecule has 0 radical (unpaired) electrons. The molecule has 522 valence electrons. The topological polar surface area (TPSA) is 237 Å². The van der Waals surface area contributed by atoms with Crippen LogP contribution in [0.1, 0.15) is 350 Å². The van der Waals surface area contributed by atoms with Crippen molar-refractivity contribution >= 4 is 39.5 Å². The highest BCUT2D eigenvalue weighted by Crippen LogP contribution is 2.45. The van der Waals surface area contributed by atoms with Crippen LogP contribution in [0.5, 0.6) is 0 Å². The van der Waals surface area contributed by atoms with E-state index in [0.29, 0.717) is 31.6 Å². The van der Waals surface area contributed by atoms with Crippen molar-refractivity contribution in [1.82, 2.24) is 0 Å². The van der Waals surface area contributed by atoms with Gasteiger partial charge < -0.3 is 33.8 Å². The first kappa shape index (κ1) is 86.1. The van der Waals surface area contributed by atoms with Crippen LogP contribution in [0.3, 0.4) is 0 Å². The minimum Gasteiger partial charge on any atom is -0.462 e. The molecule has 0 heterocycles. The number of esters is 4. The maximum absolute atomic E-state index is 13.0. The van der Waals surface area contributed by atoms with Gasteiger partial charge in [-0.05, 0) is 37.5 Å². The van der Waals surface area contributed by atoms with Crippen molar-refractivity contribution in [3.8, 4) is 0 Å². The molecule has 5 atom stereocenters. The van der Waals surface area contributed by atoms with Gasteiger partial charge in [0, 0.05) is 25.7 Å². The summed E-state index contributed by atoms with van der Waals surface area (Å²) in [4.78, 5) is 72.1. The Morgan fingerprint density at radius 3 is 0.773 bits per heavy atom. The molecule has 0 spiro atoms. The van der Waals surface area contributed by atoms with E-state index in [0.717, 1.165) is 102 Å². The van der Waals surface area contributed by atoms with Gasteiger partial charge in [0.2, 0.25) is 0 Å². The summed E-state index contributed by atoms with van der Waals surface area (Å²) in [6.45, 7) is 9.42. The Morgan fingerprint density at radius 1 is 0.307 bits per heavy atom. The molecule has 19 heteroatoms. The average molecular weight is 1300 g/mol. The molecule has 0 bridgehead atoms. The van der Waals surface area contributed by atoms with Crippen LogP contribution in [0.4, 0.5) is 0 Å². The number of phosphoric ester groups is 2. The Bertz CT molecular complexity index is 1720. The van der Waals surface area contributed by atoms with Crippen molar-refractivity contribution in [3.63, 3.8) is 0 Å². The number of carbonyl (C=O) groups is 4. The van der Waals surface area contributed by atoms with Gasteiger partial charge in [0.15, 0.2) is 12.2 Å². The lowest BCUT2D eigenvalue weighted by Crippen LogP contribution is -2.30. The Kier molecular flexibility index (Phi) is 59.9. The number of unbranched alkanes of at least 4 members (excludes halogenated alkanes) is 38. The van der Waals surface area contributed by atoms with Crippen molar-refractivity contribution < 1.29 is 80.2 Å². The number of phosphoric acid groups is 2. The maximum Gasteiger partial charge on any atom is 0.472 e. The first-order valence-corrected chi connectivity index (χ1v) is 39.0. The van der Waals surface area contributed by atoms with Gasteiger partial charge in [-0.15, -0.1) is 0 Å². The van der Waals surface area contributed by atoms with Crippen LogP contribution < -0.4 is 0 Å². The number of aliphatic hydroxyl groups is 1. The monoisotopic (exact) mass is 1300 g/mol. The zero-order valence-electron chi connectivity index (χ0n) is 57.0. The zero-order valence-corrected chi connectivity index (χ0v) is 58.8. The van der Waals surface area contributed by atoms with E-state index >= 15 is 0 Å². The molecule has 0 fully saturated rings. The fraction of sp³-hybridized carbons (Fsp3) is 0.942. The summed E-state index contributed by atoms with van der Waals surface area (Å²) in [5, 5.41) is 10.5. The summed E-state index contributed by atoms with van der Waals surface area (Å²) in [5.74, 6) is -0.623. The minimum absolute atomic E-state index is 0.103.